The Morgan fingerprint density at radius 3 is 2.05 bits per heavy atom. The highest BCUT2D eigenvalue weighted by Gasteiger charge is 2.35. The molecule has 2 fully saturated rings. The highest BCUT2D eigenvalue weighted by molar-refractivity contribution is 5.82. The van der Waals surface area contributed by atoms with Crippen LogP contribution in [-0.2, 0) is 6.42 Å². The standard InChI is InChI=1S/C20H24/c1-2-6-19-13-15(11-12-16(19)5-1)14-20(17-7-3-8-17)18-9-4-10-18/h1-2,5-6,11-13,17-18,20H,3-4,7-10,14H2. The molecule has 0 heteroatoms. The molecule has 0 radical (unpaired) electrons. The first kappa shape index (κ1) is 12.4. The van der Waals surface area contributed by atoms with Crippen LogP contribution < -0.4 is 0 Å². The average molecular weight is 264 g/mol. The molecule has 0 bridgehead atoms. The average Bonchev–Trinajstić information content (AvgIpc) is 2.34. The third kappa shape index (κ3) is 2.26. The Hall–Kier alpha value is -1.30. The molecule has 0 aliphatic heterocycles. The van der Waals surface area contributed by atoms with Gasteiger partial charge in [0.1, 0.15) is 0 Å². The molecule has 2 aliphatic rings. The van der Waals surface area contributed by atoms with Crippen LogP contribution in [0.1, 0.15) is 44.1 Å². The molecule has 0 amide bonds. The largest absolute Gasteiger partial charge is 0.0616 e. The van der Waals surface area contributed by atoms with Crippen molar-refractivity contribution >= 4 is 10.8 Å². The summed E-state index contributed by atoms with van der Waals surface area (Å²) < 4.78 is 0. The highest BCUT2D eigenvalue weighted by Crippen LogP contribution is 2.45. The van der Waals surface area contributed by atoms with Gasteiger partial charge in [-0.05, 0) is 40.5 Å². The normalized spacial score (nSPS) is 20.1. The predicted octanol–water partition coefficient (Wildman–Crippen LogP) is 5.60. The van der Waals surface area contributed by atoms with Crippen LogP contribution in [0.4, 0.5) is 0 Å². The van der Waals surface area contributed by atoms with Crippen molar-refractivity contribution in [3.05, 3.63) is 48.0 Å². The molecule has 20 heavy (non-hydrogen) atoms. The first-order valence-electron chi connectivity index (χ1n) is 8.38. The maximum Gasteiger partial charge on any atom is -0.0181 e. The van der Waals surface area contributed by atoms with Crippen LogP contribution in [0, 0.1) is 17.8 Å². The van der Waals surface area contributed by atoms with Crippen molar-refractivity contribution in [2.45, 2.75) is 44.9 Å². The Bertz CT molecular complexity index is 576. The summed E-state index contributed by atoms with van der Waals surface area (Å²) in [6, 6.07) is 15.9. The van der Waals surface area contributed by atoms with Gasteiger partial charge < -0.3 is 0 Å². The third-order valence-electron chi connectivity index (χ3n) is 5.80. The molecule has 2 aliphatic carbocycles. The second-order valence-electron chi connectivity index (χ2n) is 6.93. The number of fused-ring (bicyclic) bond motifs is 1. The molecule has 2 aromatic rings. The molecule has 0 saturated heterocycles. The summed E-state index contributed by atoms with van der Waals surface area (Å²) in [4.78, 5) is 0. The summed E-state index contributed by atoms with van der Waals surface area (Å²) >= 11 is 0. The van der Waals surface area contributed by atoms with Crippen LogP contribution in [0.5, 0.6) is 0 Å². The van der Waals surface area contributed by atoms with Gasteiger partial charge in [-0.2, -0.15) is 0 Å². The van der Waals surface area contributed by atoms with E-state index in [0.29, 0.717) is 0 Å². The molecule has 0 unspecified atom stereocenters. The van der Waals surface area contributed by atoms with Gasteiger partial charge in [-0.1, -0.05) is 81.0 Å². The van der Waals surface area contributed by atoms with Crippen LogP contribution in [0.2, 0.25) is 0 Å². The Labute approximate surface area is 122 Å². The molecule has 4 rings (SSSR count). The fourth-order valence-corrected chi connectivity index (χ4v) is 4.09. The Balaban J connectivity index is 1.57. The lowest BCUT2D eigenvalue weighted by molar-refractivity contribution is 0.0929. The van der Waals surface area contributed by atoms with E-state index in [2.05, 4.69) is 42.5 Å². The molecular formula is C20H24. The molecule has 2 saturated carbocycles. The van der Waals surface area contributed by atoms with Crippen LogP contribution in [0.25, 0.3) is 10.8 Å². The Morgan fingerprint density at radius 2 is 1.45 bits per heavy atom. The molecule has 0 atom stereocenters. The van der Waals surface area contributed by atoms with E-state index in [1.807, 2.05) is 0 Å². The van der Waals surface area contributed by atoms with Crippen molar-refractivity contribution < 1.29 is 0 Å². The maximum atomic E-state index is 2.43. The lowest BCUT2D eigenvalue weighted by Crippen LogP contribution is -2.33. The fourth-order valence-electron chi connectivity index (χ4n) is 4.09. The van der Waals surface area contributed by atoms with Crippen LogP contribution in [0.15, 0.2) is 42.5 Å². The van der Waals surface area contributed by atoms with Gasteiger partial charge in [-0.25, -0.2) is 0 Å². The van der Waals surface area contributed by atoms with E-state index in [-0.39, 0.29) is 0 Å². The molecule has 0 nitrogen and oxygen atoms in total. The lowest BCUT2D eigenvalue weighted by atomic mass is 9.63. The fraction of sp³-hybridized carbons (Fsp3) is 0.500. The molecule has 0 spiro atoms. The number of benzene rings is 2. The number of hydrogen-bond acceptors (Lipinski definition) is 0. The second-order valence-corrected chi connectivity index (χ2v) is 6.93. The first-order valence-corrected chi connectivity index (χ1v) is 8.38. The summed E-state index contributed by atoms with van der Waals surface area (Å²) in [6.07, 6.45) is 10.3. The Kier molecular flexibility index (Phi) is 3.26. The summed E-state index contributed by atoms with van der Waals surface area (Å²) in [5.41, 5.74) is 1.56. The zero-order chi connectivity index (χ0) is 13.4. The lowest BCUT2D eigenvalue weighted by Gasteiger charge is -2.43. The predicted molar refractivity (Wildman–Crippen MR) is 85.8 cm³/mol. The van der Waals surface area contributed by atoms with Crippen LogP contribution >= 0.6 is 0 Å². The maximum absolute atomic E-state index is 2.43. The van der Waals surface area contributed by atoms with E-state index in [1.165, 1.54) is 55.7 Å². The molecule has 0 aromatic heterocycles. The van der Waals surface area contributed by atoms with Crippen molar-refractivity contribution in [3.8, 4) is 0 Å². The molecule has 2 aromatic carbocycles. The molecule has 0 heterocycles. The monoisotopic (exact) mass is 264 g/mol. The van der Waals surface area contributed by atoms with Gasteiger partial charge in [0.25, 0.3) is 0 Å². The van der Waals surface area contributed by atoms with E-state index >= 15 is 0 Å². The minimum absolute atomic E-state index is 0.971. The van der Waals surface area contributed by atoms with Crippen molar-refractivity contribution in [1.29, 1.82) is 0 Å². The summed E-state index contributed by atoms with van der Waals surface area (Å²) in [5, 5.41) is 2.78. The van der Waals surface area contributed by atoms with Crippen molar-refractivity contribution in [3.63, 3.8) is 0 Å². The first-order chi connectivity index (χ1) is 9.90. The number of rotatable bonds is 4. The van der Waals surface area contributed by atoms with Gasteiger partial charge in [0.15, 0.2) is 0 Å². The topological polar surface area (TPSA) is 0 Å². The van der Waals surface area contributed by atoms with Crippen LogP contribution in [0.3, 0.4) is 0 Å². The van der Waals surface area contributed by atoms with Crippen LogP contribution in [-0.4, -0.2) is 0 Å². The summed E-state index contributed by atoms with van der Waals surface area (Å²) in [6.45, 7) is 0. The third-order valence-corrected chi connectivity index (χ3v) is 5.80. The van der Waals surface area contributed by atoms with Crippen molar-refractivity contribution in [2.75, 3.05) is 0 Å². The van der Waals surface area contributed by atoms with E-state index in [4.69, 9.17) is 0 Å². The van der Waals surface area contributed by atoms with E-state index in [9.17, 15) is 0 Å². The minimum atomic E-state index is 0.971. The van der Waals surface area contributed by atoms with Gasteiger partial charge in [-0.3, -0.25) is 0 Å². The molecule has 104 valence electrons. The van der Waals surface area contributed by atoms with Gasteiger partial charge in [0.05, 0.1) is 0 Å². The zero-order valence-corrected chi connectivity index (χ0v) is 12.2. The van der Waals surface area contributed by atoms with E-state index < -0.39 is 0 Å². The second kappa shape index (κ2) is 5.24. The quantitative estimate of drug-likeness (QED) is 0.674. The molecular weight excluding hydrogens is 240 g/mol. The highest BCUT2D eigenvalue weighted by atomic mass is 14.4. The summed E-state index contributed by atoms with van der Waals surface area (Å²) in [5.74, 6) is 3.04. The Morgan fingerprint density at radius 1 is 0.800 bits per heavy atom. The number of hydrogen-bond donors (Lipinski definition) is 0. The van der Waals surface area contributed by atoms with Crippen molar-refractivity contribution in [1.82, 2.24) is 0 Å². The van der Waals surface area contributed by atoms with Gasteiger partial charge in [0.2, 0.25) is 0 Å². The minimum Gasteiger partial charge on any atom is -0.0616 e. The SMILES string of the molecule is c1ccc2cc(CC(C3CCC3)C3CCC3)ccc2c1. The van der Waals surface area contributed by atoms with Gasteiger partial charge in [-0.15, -0.1) is 0 Å². The molecule has 0 N–H and O–H groups in total. The zero-order valence-electron chi connectivity index (χ0n) is 12.2. The van der Waals surface area contributed by atoms with E-state index in [0.717, 1.165) is 17.8 Å². The van der Waals surface area contributed by atoms with E-state index in [1.54, 1.807) is 5.56 Å². The van der Waals surface area contributed by atoms with Crippen molar-refractivity contribution in [2.24, 2.45) is 17.8 Å². The summed E-state index contributed by atoms with van der Waals surface area (Å²) in [7, 11) is 0. The van der Waals surface area contributed by atoms with Gasteiger partial charge in [0, 0.05) is 0 Å². The van der Waals surface area contributed by atoms with Gasteiger partial charge >= 0.3 is 0 Å². The smallest absolute Gasteiger partial charge is 0.0181 e.